The Hall–Kier alpha value is -2.62. The van der Waals surface area contributed by atoms with Crippen LogP contribution in [0.2, 0.25) is 0 Å². The number of amides is 1. The van der Waals surface area contributed by atoms with Crippen molar-refractivity contribution in [1.29, 1.82) is 0 Å². The molecule has 0 aliphatic carbocycles. The van der Waals surface area contributed by atoms with Gasteiger partial charge in [-0.3, -0.25) is 4.79 Å². The highest BCUT2D eigenvalue weighted by molar-refractivity contribution is 5.76. The Morgan fingerprint density at radius 1 is 1.12 bits per heavy atom. The fourth-order valence-corrected chi connectivity index (χ4v) is 3.03. The van der Waals surface area contributed by atoms with Crippen LogP contribution in [-0.2, 0) is 17.8 Å². The van der Waals surface area contributed by atoms with Crippen LogP contribution in [0.5, 0.6) is 0 Å². The molecular weight excluding hydrogens is 310 g/mol. The van der Waals surface area contributed by atoms with E-state index in [9.17, 15) is 4.79 Å². The van der Waals surface area contributed by atoms with Crippen LogP contribution in [0.1, 0.15) is 43.6 Å². The molecule has 1 N–H and O–H groups in total. The molecule has 0 fully saturated rings. The molecule has 0 saturated heterocycles. The normalized spacial score (nSPS) is 11.2. The number of imidazole rings is 1. The molecular formula is C21H25N3O. The average molecular weight is 335 g/mol. The van der Waals surface area contributed by atoms with E-state index in [4.69, 9.17) is 4.98 Å². The molecule has 1 heterocycles. The van der Waals surface area contributed by atoms with Gasteiger partial charge in [0.2, 0.25) is 5.91 Å². The van der Waals surface area contributed by atoms with Crippen LogP contribution in [0.25, 0.3) is 11.0 Å². The predicted octanol–water partition coefficient (Wildman–Crippen LogP) is 3.89. The van der Waals surface area contributed by atoms with Crippen molar-refractivity contribution in [3.8, 4) is 0 Å². The van der Waals surface area contributed by atoms with Gasteiger partial charge in [0.1, 0.15) is 5.82 Å². The molecule has 0 aliphatic rings. The molecule has 0 radical (unpaired) electrons. The Kier molecular flexibility index (Phi) is 5.17. The summed E-state index contributed by atoms with van der Waals surface area (Å²) >= 11 is 0. The van der Waals surface area contributed by atoms with Crippen molar-refractivity contribution >= 4 is 16.9 Å². The summed E-state index contributed by atoms with van der Waals surface area (Å²) in [6.45, 7) is 7.34. The van der Waals surface area contributed by atoms with E-state index < -0.39 is 0 Å². The van der Waals surface area contributed by atoms with Gasteiger partial charge in [0.15, 0.2) is 0 Å². The number of para-hydroxylation sites is 2. The third kappa shape index (κ3) is 4.08. The lowest BCUT2D eigenvalue weighted by molar-refractivity contribution is -0.118. The smallest absolute Gasteiger partial charge is 0.216 e. The Morgan fingerprint density at radius 3 is 2.52 bits per heavy atom. The van der Waals surface area contributed by atoms with Crippen molar-refractivity contribution < 1.29 is 4.79 Å². The SMILES string of the molecule is CC(=O)NCCc1nc2ccccc2n1Cc1ccc(C(C)C)cc1. The van der Waals surface area contributed by atoms with Crippen molar-refractivity contribution in [3.05, 3.63) is 65.5 Å². The van der Waals surface area contributed by atoms with Crippen molar-refractivity contribution in [1.82, 2.24) is 14.9 Å². The van der Waals surface area contributed by atoms with E-state index in [0.717, 1.165) is 29.8 Å². The molecule has 1 amide bonds. The van der Waals surface area contributed by atoms with Crippen molar-refractivity contribution in [2.45, 2.75) is 39.7 Å². The second-order valence-electron chi connectivity index (χ2n) is 6.73. The Morgan fingerprint density at radius 2 is 1.84 bits per heavy atom. The van der Waals surface area contributed by atoms with Gasteiger partial charge in [-0.05, 0) is 29.2 Å². The highest BCUT2D eigenvalue weighted by Gasteiger charge is 2.11. The van der Waals surface area contributed by atoms with Gasteiger partial charge in [-0.1, -0.05) is 50.2 Å². The lowest BCUT2D eigenvalue weighted by Gasteiger charge is -2.11. The number of hydrogen-bond acceptors (Lipinski definition) is 2. The maximum Gasteiger partial charge on any atom is 0.216 e. The molecule has 0 spiro atoms. The second-order valence-corrected chi connectivity index (χ2v) is 6.73. The van der Waals surface area contributed by atoms with Gasteiger partial charge in [0.25, 0.3) is 0 Å². The number of nitrogens with zero attached hydrogens (tertiary/aromatic N) is 2. The summed E-state index contributed by atoms with van der Waals surface area (Å²) in [5.41, 5.74) is 4.74. The molecule has 0 bridgehead atoms. The monoisotopic (exact) mass is 335 g/mol. The van der Waals surface area contributed by atoms with Gasteiger partial charge in [0, 0.05) is 26.4 Å². The maximum atomic E-state index is 11.1. The Bertz CT molecular complexity index is 862. The summed E-state index contributed by atoms with van der Waals surface area (Å²) in [6, 6.07) is 17.0. The molecule has 4 nitrogen and oxygen atoms in total. The molecule has 0 aliphatic heterocycles. The first kappa shape index (κ1) is 17.2. The number of nitrogens with one attached hydrogen (secondary N) is 1. The molecule has 3 rings (SSSR count). The molecule has 4 heteroatoms. The molecule has 1 aromatic heterocycles. The van der Waals surface area contributed by atoms with Crippen molar-refractivity contribution in [3.63, 3.8) is 0 Å². The summed E-state index contributed by atoms with van der Waals surface area (Å²) in [4.78, 5) is 15.9. The summed E-state index contributed by atoms with van der Waals surface area (Å²) in [6.07, 6.45) is 0.721. The molecule has 2 aromatic carbocycles. The Balaban J connectivity index is 1.88. The molecule has 0 saturated carbocycles. The Labute approximate surface area is 148 Å². The zero-order valence-corrected chi connectivity index (χ0v) is 15.1. The van der Waals surface area contributed by atoms with E-state index in [2.05, 4.69) is 54.1 Å². The van der Waals surface area contributed by atoms with E-state index in [-0.39, 0.29) is 5.91 Å². The summed E-state index contributed by atoms with van der Waals surface area (Å²) in [5.74, 6) is 1.53. The number of aromatic nitrogens is 2. The zero-order chi connectivity index (χ0) is 17.8. The molecule has 3 aromatic rings. The van der Waals surface area contributed by atoms with Crippen LogP contribution < -0.4 is 5.32 Å². The molecule has 0 atom stereocenters. The first-order valence-electron chi connectivity index (χ1n) is 8.82. The number of carbonyl (C=O) groups excluding carboxylic acids is 1. The molecule has 0 unspecified atom stereocenters. The number of benzene rings is 2. The van der Waals surface area contributed by atoms with E-state index in [1.165, 1.54) is 11.1 Å². The van der Waals surface area contributed by atoms with Gasteiger partial charge in [-0.15, -0.1) is 0 Å². The van der Waals surface area contributed by atoms with E-state index in [0.29, 0.717) is 12.5 Å². The highest BCUT2D eigenvalue weighted by atomic mass is 16.1. The molecule has 130 valence electrons. The predicted molar refractivity (Wildman–Crippen MR) is 102 cm³/mol. The third-order valence-electron chi connectivity index (χ3n) is 4.44. The van der Waals surface area contributed by atoms with Crippen molar-refractivity contribution in [2.24, 2.45) is 0 Å². The first-order valence-corrected chi connectivity index (χ1v) is 8.82. The van der Waals surface area contributed by atoms with Gasteiger partial charge < -0.3 is 9.88 Å². The minimum atomic E-state index is -0.00747. The first-order chi connectivity index (χ1) is 12.0. The fraction of sp³-hybridized carbons (Fsp3) is 0.333. The van der Waals surface area contributed by atoms with Crippen LogP contribution in [-0.4, -0.2) is 22.0 Å². The summed E-state index contributed by atoms with van der Waals surface area (Å²) < 4.78 is 2.25. The minimum absolute atomic E-state index is 0.00747. The minimum Gasteiger partial charge on any atom is -0.356 e. The number of fused-ring (bicyclic) bond motifs is 1. The van der Waals surface area contributed by atoms with Crippen LogP contribution in [0.4, 0.5) is 0 Å². The van der Waals surface area contributed by atoms with Gasteiger partial charge in [-0.25, -0.2) is 4.98 Å². The number of hydrogen-bond donors (Lipinski definition) is 1. The summed E-state index contributed by atoms with van der Waals surface area (Å²) in [7, 11) is 0. The van der Waals surface area contributed by atoms with Gasteiger partial charge in [0.05, 0.1) is 11.0 Å². The quantitative estimate of drug-likeness (QED) is 0.743. The topological polar surface area (TPSA) is 46.9 Å². The van der Waals surface area contributed by atoms with Crippen molar-refractivity contribution in [2.75, 3.05) is 6.54 Å². The third-order valence-corrected chi connectivity index (χ3v) is 4.44. The number of carbonyl (C=O) groups is 1. The summed E-state index contributed by atoms with van der Waals surface area (Å²) in [5, 5.41) is 2.86. The van der Waals surface area contributed by atoms with Crippen LogP contribution in [0.15, 0.2) is 48.5 Å². The van der Waals surface area contributed by atoms with E-state index in [1.807, 2.05) is 18.2 Å². The van der Waals surface area contributed by atoms with Crippen LogP contribution >= 0.6 is 0 Å². The zero-order valence-electron chi connectivity index (χ0n) is 15.1. The standard InChI is InChI=1S/C21H25N3O/c1-15(2)18-10-8-17(9-11-18)14-24-20-7-5-4-6-19(20)23-21(24)12-13-22-16(3)25/h4-11,15H,12-14H2,1-3H3,(H,22,25). The fourth-order valence-electron chi connectivity index (χ4n) is 3.03. The molecule has 25 heavy (non-hydrogen) atoms. The van der Waals surface area contributed by atoms with Crippen LogP contribution in [0, 0.1) is 0 Å². The maximum absolute atomic E-state index is 11.1. The lowest BCUT2D eigenvalue weighted by atomic mass is 10.0. The second kappa shape index (κ2) is 7.51. The van der Waals surface area contributed by atoms with E-state index in [1.54, 1.807) is 6.92 Å². The largest absolute Gasteiger partial charge is 0.356 e. The number of rotatable bonds is 6. The lowest BCUT2D eigenvalue weighted by Crippen LogP contribution is -2.23. The van der Waals surface area contributed by atoms with Crippen LogP contribution in [0.3, 0.4) is 0 Å². The van der Waals surface area contributed by atoms with Gasteiger partial charge >= 0.3 is 0 Å². The van der Waals surface area contributed by atoms with E-state index >= 15 is 0 Å². The average Bonchev–Trinajstić information content (AvgIpc) is 2.93. The highest BCUT2D eigenvalue weighted by Crippen LogP contribution is 2.20. The van der Waals surface area contributed by atoms with Gasteiger partial charge in [-0.2, -0.15) is 0 Å².